The minimum atomic E-state index is -0.437. The molecular formula is C37H36N2O5. The van der Waals surface area contributed by atoms with E-state index in [-0.39, 0.29) is 51.2 Å². The van der Waals surface area contributed by atoms with E-state index in [1.807, 2.05) is 12.1 Å². The van der Waals surface area contributed by atoms with Gasteiger partial charge >= 0.3 is 0 Å². The number of nitrogens with one attached hydrogen (secondary N) is 1. The molecule has 7 heteroatoms. The quantitative estimate of drug-likeness (QED) is 0.199. The zero-order valence-electron chi connectivity index (χ0n) is 25.6. The van der Waals surface area contributed by atoms with E-state index in [2.05, 4.69) is 62.5 Å². The molecule has 5 rings (SSSR count). The Bertz CT molecular complexity index is 1790. The first-order valence-corrected chi connectivity index (χ1v) is 14.5. The monoisotopic (exact) mass is 588 g/mol. The first-order valence-electron chi connectivity index (χ1n) is 14.5. The zero-order valence-corrected chi connectivity index (χ0v) is 25.6. The molecule has 1 unspecified atom stereocenters. The fraction of sp³-hybridized carbons (Fsp3) is 0.243. The van der Waals surface area contributed by atoms with E-state index >= 15 is 0 Å². The minimum Gasteiger partial charge on any atom is -0.392 e. The van der Waals surface area contributed by atoms with Crippen molar-refractivity contribution in [1.29, 1.82) is 0 Å². The predicted octanol–water partition coefficient (Wildman–Crippen LogP) is 5.85. The van der Waals surface area contributed by atoms with Gasteiger partial charge in [0.15, 0.2) is 12.1 Å². The van der Waals surface area contributed by atoms with Crippen molar-refractivity contribution in [1.82, 2.24) is 5.32 Å². The Morgan fingerprint density at radius 2 is 1.50 bits per heavy atom. The lowest BCUT2D eigenvalue weighted by Crippen LogP contribution is -2.28. The first kappa shape index (κ1) is 30.6. The number of nitrogens with zero attached hydrogens (tertiary/aromatic N) is 1. The van der Waals surface area contributed by atoms with Crippen LogP contribution in [0.5, 0.6) is 0 Å². The van der Waals surface area contributed by atoms with E-state index in [9.17, 15) is 24.3 Å². The summed E-state index contributed by atoms with van der Waals surface area (Å²) in [6, 6.07) is 25.4. The molecule has 0 aromatic heterocycles. The predicted molar refractivity (Wildman–Crippen MR) is 171 cm³/mol. The highest BCUT2D eigenvalue weighted by molar-refractivity contribution is 6.13. The number of aliphatic hydroxyl groups excluding tert-OH is 1. The number of amides is 2. The van der Waals surface area contributed by atoms with Crippen LogP contribution in [-0.4, -0.2) is 43.1 Å². The molecule has 1 aliphatic rings. The summed E-state index contributed by atoms with van der Waals surface area (Å²) in [6.45, 7) is 6.43. The maximum absolute atomic E-state index is 13.8. The molecule has 0 spiro atoms. The smallest absolute Gasteiger partial charge is 0.258 e. The number of fused-ring (bicyclic) bond motifs is 1. The van der Waals surface area contributed by atoms with Gasteiger partial charge in [0.25, 0.3) is 11.8 Å². The van der Waals surface area contributed by atoms with Crippen molar-refractivity contribution in [2.75, 3.05) is 19.0 Å². The summed E-state index contributed by atoms with van der Waals surface area (Å²) in [7, 11) is 3.12. The van der Waals surface area contributed by atoms with Crippen LogP contribution < -0.4 is 10.2 Å². The lowest BCUT2D eigenvalue weighted by Gasteiger charge is -2.29. The van der Waals surface area contributed by atoms with Gasteiger partial charge in [0, 0.05) is 53.0 Å². The third-order valence-electron chi connectivity index (χ3n) is 8.93. The van der Waals surface area contributed by atoms with Crippen LogP contribution in [-0.2, 0) is 17.4 Å². The molecule has 0 bridgehead atoms. The minimum absolute atomic E-state index is 0.0426. The molecule has 1 aliphatic carbocycles. The van der Waals surface area contributed by atoms with Gasteiger partial charge in [-0.1, -0.05) is 75.4 Å². The Labute approximate surface area is 257 Å². The van der Waals surface area contributed by atoms with Crippen LogP contribution in [0.25, 0.3) is 0 Å². The van der Waals surface area contributed by atoms with Crippen LogP contribution in [0.2, 0.25) is 0 Å². The number of benzene rings is 4. The number of aliphatic hydroxyl groups is 1. The highest BCUT2D eigenvalue weighted by atomic mass is 16.3. The molecule has 0 radical (unpaired) electrons. The van der Waals surface area contributed by atoms with Gasteiger partial charge in [-0.3, -0.25) is 19.2 Å². The second-order valence-electron chi connectivity index (χ2n) is 12.2. The Morgan fingerprint density at radius 3 is 2.14 bits per heavy atom. The third-order valence-corrected chi connectivity index (χ3v) is 8.93. The van der Waals surface area contributed by atoms with Crippen LogP contribution in [0.15, 0.2) is 84.9 Å². The molecule has 7 nitrogen and oxygen atoms in total. The molecule has 44 heavy (non-hydrogen) atoms. The Kier molecular flexibility index (Phi) is 8.10. The summed E-state index contributed by atoms with van der Waals surface area (Å²) in [4.78, 5) is 52.4. The molecule has 2 amide bonds. The Balaban J connectivity index is 1.43. The maximum atomic E-state index is 13.8. The lowest BCUT2D eigenvalue weighted by atomic mass is 9.75. The van der Waals surface area contributed by atoms with Gasteiger partial charge in [-0.05, 0) is 64.4 Å². The third kappa shape index (κ3) is 5.24. The van der Waals surface area contributed by atoms with Gasteiger partial charge in [-0.15, -0.1) is 0 Å². The summed E-state index contributed by atoms with van der Waals surface area (Å²) in [5.74, 6) is -1.23. The Hall–Kier alpha value is -4.88. The van der Waals surface area contributed by atoms with Gasteiger partial charge < -0.3 is 15.3 Å². The summed E-state index contributed by atoms with van der Waals surface area (Å²) in [6.07, 6.45) is 1.50. The van der Waals surface area contributed by atoms with E-state index in [1.54, 1.807) is 13.1 Å². The molecule has 0 heterocycles. The number of ketones is 1. The Morgan fingerprint density at radius 1 is 0.864 bits per heavy atom. The van der Waals surface area contributed by atoms with Crippen molar-refractivity contribution < 1.29 is 24.3 Å². The lowest BCUT2D eigenvalue weighted by molar-refractivity contribution is 0.0954. The van der Waals surface area contributed by atoms with E-state index in [4.69, 9.17) is 0 Å². The van der Waals surface area contributed by atoms with E-state index in [0.717, 1.165) is 6.42 Å². The highest BCUT2D eigenvalue weighted by Crippen LogP contribution is 2.52. The van der Waals surface area contributed by atoms with Crippen molar-refractivity contribution in [2.24, 2.45) is 0 Å². The maximum Gasteiger partial charge on any atom is 0.258 e. The average Bonchev–Trinajstić information content (AvgIpc) is 3.27. The fourth-order valence-electron chi connectivity index (χ4n) is 6.60. The largest absolute Gasteiger partial charge is 0.392 e. The molecular weight excluding hydrogens is 552 g/mol. The molecule has 4 aromatic rings. The number of rotatable bonds is 8. The molecule has 4 aromatic carbocycles. The van der Waals surface area contributed by atoms with E-state index < -0.39 is 11.7 Å². The van der Waals surface area contributed by atoms with Gasteiger partial charge in [-0.25, -0.2) is 0 Å². The average molecular weight is 589 g/mol. The molecule has 0 fully saturated rings. The number of hydrogen-bond acceptors (Lipinski definition) is 5. The molecule has 2 N–H and O–H groups in total. The van der Waals surface area contributed by atoms with E-state index in [1.165, 1.54) is 59.0 Å². The molecule has 1 atom stereocenters. The van der Waals surface area contributed by atoms with Crippen LogP contribution in [0, 0.1) is 0 Å². The summed E-state index contributed by atoms with van der Waals surface area (Å²) < 4.78 is 0. The fourth-order valence-corrected chi connectivity index (χ4v) is 6.60. The first-order chi connectivity index (χ1) is 20.9. The van der Waals surface area contributed by atoms with Gasteiger partial charge in [0.2, 0.25) is 0 Å². The number of hydrogen-bond donors (Lipinski definition) is 2. The number of anilines is 1. The summed E-state index contributed by atoms with van der Waals surface area (Å²) in [5, 5.41) is 12.5. The van der Waals surface area contributed by atoms with Crippen LogP contribution >= 0.6 is 0 Å². The van der Waals surface area contributed by atoms with Crippen LogP contribution in [0.3, 0.4) is 0 Å². The molecule has 224 valence electrons. The standard InChI is InChI=1S/C37H36N2O5/c1-36(2)22-37(3,32-9-7-6-8-31(32)36)27-13-15-28(16-14-27)39(5)35(44)30-19-24(10-11-25(30)20-40)33(42)23-12-17-29(34(43)38-4)26(18-23)21-41/h6-19,21,40H,20,22H2,1-5H3,(H,38,43). The second-order valence-corrected chi connectivity index (χ2v) is 12.2. The number of aldehydes is 1. The number of carbonyl (C=O) groups is 4. The van der Waals surface area contributed by atoms with Crippen molar-refractivity contribution in [3.8, 4) is 0 Å². The van der Waals surface area contributed by atoms with E-state index in [0.29, 0.717) is 17.5 Å². The molecule has 0 aliphatic heterocycles. The molecule has 0 saturated carbocycles. The SMILES string of the molecule is CNC(=O)c1ccc(C(=O)c2ccc(CO)c(C(=O)N(C)c3ccc(C4(C)CC(C)(C)c5ccccc54)cc3)c2)cc1C=O. The van der Waals surface area contributed by atoms with Crippen LogP contribution in [0.1, 0.15) is 96.4 Å². The van der Waals surface area contributed by atoms with Gasteiger partial charge in [0.05, 0.1) is 6.61 Å². The van der Waals surface area contributed by atoms with Gasteiger partial charge in [0.1, 0.15) is 0 Å². The number of carbonyl (C=O) groups excluding carboxylic acids is 4. The van der Waals surface area contributed by atoms with Crippen molar-refractivity contribution in [3.05, 3.63) is 135 Å². The zero-order chi connectivity index (χ0) is 31.8. The second kappa shape index (κ2) is 11.7. The summed E-state index contributed by atoms with van der Waals surface area (Å²) in [5.41, 5.74) is 5.64. The topological polar surface area (TPSA) is 104 Å². The summed E-state index contributed by atoms with van der Waals surface area (Å²) >= 11 is 0. The molecule has 0 saturated heterocycles. The normalized spacial score (nSPS) is 16.6. The van der Waals surface area contributed by atoms with Crippen molar-refractivity contribution >= 4 is 29.6 Å². The van der Waals surface area contributed by atoms with Crippen molar-refractivity contribution in [2.45, 2.75) is 44.6 Å². The van der Waals surface area contributed by atoms with Crippen LogP contribution in [0.4, 0.5) is 5.69 Å². The van der Waals surface area contributed by atoms with Gasteiger partial charge in [-0.2, -0.15) is 0 Å². The van der Waals surface area contributed by atoms with Crippen molar-refractivity contribution in [3.63, 3.8) is 0 Å². The highest BCUT2D eigenvalue weighted by Gasteiger charge is 2.45.